The molecule has 0 spiro atoms. The van der Waals surface area contributed by atoms with E-state index in [-0.39, 0.29) is 57.5 Å². The molecular formula is C71H96N16O10S2. The summed E-state index contributed by atoms with van der Waals surface area (Å²) in [7, 11) is -4.35. The minimum atomic E-state index is -3.62. The quantitative estimate of drug-likeness (QED) is 0.0386. The van der Waals surface area contributed by atoms with E-state index in [4.69, 9.17) is 24.4 Å². The average Bonchev–Trinajstić information content (AvgIpc) is 1.68. The molecule has 99 heavy (non-hydrogen) atoms. The highest BCUT2D eigenvalue weighted by atomic mass is 32.2. The Morgan fingerprint density at radius 3 is 1.30 bits per heavy atom. The van der Waals surface area contributed by atoms with Gasteiger partial charge in [-0.1, -0.05) is 53.7 Å². The number of ether oxygens (including phenoxy) is 3. The van der Waals surface area contributed by atoms with Crippen LogP contribution in [0.4, 0.5) is 38.9 Å². The zero-order valence-corrected chi connectivity index (χ0v) is 61.0. The SMILES string of the molecule is COc1c(NC(=O)c2ccc(C)c(N3C=C(c4cnn(C5CC5)c4C4CCN(C(=O)OC(C)(C)C)CC4)NN3)c2)cc(C(C)(C)C)cc1NS(C)(=O)=O.COc1c(NC(=O)c2ccc(C)c(N3C=C(c4cnn(C5CC5)c4C4CCNCC4)NN3)c2)cc(C(C)(C)C)cc1NS(C)(=O)=O. The van der Waals surface area contributed by atoms with Gasteiger partial charge in [0.2, 0.25) is 20.0 Å². The van der Waals surface area contributed by atoms with Crippen LogP contribution < -0.4 is 66.8 Å². The molecule has 2 saturated heterocycles. The molecule has 2 aromatic heterocycles. The highest BCUT2D eigenvalue weighted by Crippen LogP contribution is 2.46. The molecule has 2 saturated carbocycles. The smallest absolute Gasteiger partial charge is 0.410 e. The fourth-order valence-corrected chi connectivity index (χ4v) is 13.9. The monoisotopic (exact) mass is 1400 g/mol. The van der Waals surface area contributed by atoms with Crippen molar-refractivity contribution < 1.29 is 45.4 Å². The number of piperidine rings is 2. The summed E-state index contributed by atoms with van der Waals surface area (Å²) in [6.45, 7) is 24.9. The number of carbonyl (C=O) groups excluding carboxylic acids is 3. The van der Waals surface area contributed by atoms with Gasteiger partial charge in [0, 0.05) is 59.6 Å². The second kappa shape index (κ2) is 28.1. The molecule has 0 unspecified atom stereocenters. The van der Waals surface area contributed by atoms with Crippen LogP contribution in [0.2, 0.25) is 0 Å². The van der Waals surface area contributed by atoms with Crippen LogP contribution in [0.5, 0.6) is 11.5 Å². The topological polar surface area (TPSA) is 301 Å². The maximum absolute atomic E-state index is 13.8. The molecule has 28 heteroatoms. The van der Waals surface area contributed by atoms with Gasteiger partial charge >= 0.3 is 6.09 Å². The Morgan fingerprint density at radius 2 is 0.939 bits per heavy atom. The molecule has 4 fully saturated rings. The van der Waals surface area contributed by atoms with Crippen molar-refractivity contribution in [1.29, 1.82) is 0 Å². The van der Waals surface area contributed by atoms with Crippen molar-refractivity contribution >= 4 is 83.5 Å². The molecule has 26 nitrogen and oxygen atoms in total. The number of aromatic nitrogens is 4. The van der Waals surface area contributed by atoms with Gasteiger partial charge in [0.05, 0.1) is 108 Å². The van der Waals surface area contributed by atoms with Crippen molar-refractivity contribution in [3.63, 3.8) is 0 Å². The van der Waals surface area contributed by atoms with Crippen LogP contribution in [0, 0.1) is 13.8 Å². The Hall–Kier alpha value is -8.83. The standard InChI is InChI=1S/C38H52N8O6S.C33H44N8O4S/c1-23-10-11-25(35(47)40-29-19-26(37(2,3)4)20-30(34(29)51-8)42-53(9,49)50)18-32(23)45-22-31(41-43-45)28-21-39-46(27-12-13-27)33(28)24-14-16-44(17-15-24)36(48)52-38(5,6)7;1-20-7-8-22(32(42)36-26-16-23(33(2,3)4)17-27(31(26)45-5)38-46(6,43)44)15-29(20)40-19-28(37-39-40)25-18-35-41(24-9-10-24)30(25)21-11-13-34-14-12-21/h10-11,18-22,24,27,41-43H,12-17H2,1-9H3,(H,40,47);7-8,15-19,21,24,34,37-39H,9-14H2,1-6H3,(H,36,42). The maximum atomic E-state index is 13.8. The largest absolute Gasteiger partial charge is 0.492 e. The first-order valence-electron chi connectivity index (χ1n) is 33.8. The highest BCUT2D eigenvalue weighted by Gasteiger charge is 2.38. The second-order valence-corrected chi connectivity index (χ2v) is 33.2. The summed E-state index contributed by atoms with van der Waals surface area (Å²) in [5.41, 5.74) is 25.5. The molecule has 6 aromatic rings. The number of aryl methyl sites for hydroxylation is 2. The number of nitrogens with zero attached hydrogens (tertiary/aromatic N) is 7. The molecule has 6 aliphatic rings. The Morgan fingerprint density at radius 1 is 0.545 bits per heavy atom. The molecule has 0 bridgehead atoms. The number of hydrazine groups is 4. The molecule has 9 N–H and O–H groups in total. The maximum Gasteiger partial charge on any atom is 0.410 e. The number of benzene rings is 4. The van der Waals surface area contributed by atoms with Crippen molar-refractivity contribution in [2.24, 2.45) is 0 Å². The number of rotatable bonds is 18. The molecule has 4 aliphatic heterocycles. The fraction of sp³-hybridized carbons (Fsp3) is 0.479. The first kappa shape index (κ1) is 71.5. The van der Waals surface area contributed by atoms with Crippen LogP contribution in [-0.4, -0.2) is 118 Å². The van der Waals surface area contributed by atoms with Crippen LogP contribution in [0.15, 0.2) is 85.5 Å². The van der Waals surface area contributed by atoms with E-state index < -0.39 is 25.6 Å². The van der Waals surface area contributed by atoms with Gasteiger partial charge in [0.25, 0.3) is 11.8 Å². The summed E-state index contributed by atoms with van der Waals surface area (Å²) >= 11 is 0. The van der Waals surface area contributed by atoms with E-state index >= 15 is 0 Å². The van der Waals surface area contributed by atoms with E-state index in [1.807, 2.05) is 135 Å². The van der Waals surface area contributed by atoms with Crippen LogP contribution in [0.1, 0.15) is 203 Å². The van der Waals surface area contributed by atoms with Crippen molar-refractivity contribution in [2.45, 2.75) is 168 Å². The number of hydrogen-bond acceptors (Lipinski definition) is 19. The lowest BCUT2D eigenvalue weighted by Crippen LogP contribution is -2.41. The minimum absolute atomic E-state index is 0.208. The molecule has 0 radical (unpaired) electrons. The lowest BCUT2D eigenvalue weighted by Gasteiger charge is -2.34. The molecule has 2 aliphatic carbocycles. The third kappa shape index (κ3) is 16.9. The molecule has 532 valence electrons. The predicted molar refractivity (Wildman–Crippen MR) is 388 cm³/mol. The molecular weight excluding hydrogens is 1300 g/mol. The first-order valence-corrected chi connectivity index (χ1v) is 37.6. The van der Waals surface area contributed by atoms with Gasteiger partial charge in [-0.15, -0.1) is 11.1 Å². The summed E-state index contributed by atoms with van der Waals surface area (Å²) in [6, 6.07) is 18.9. The number of anilines is 6. The van der Waals surface area contributed by atoms with Gasteiger partial charge in [-0.25, -0.2) is 21.6 Å². The zero-order valence-electron chi connectivity index (χ0n) is 59.4. The second-order valence-electron chi connectivity index (χ2n) is 29.7. The average molecular weight is 1400 g/mol. The first-order chi connectivity index (χ1) is 46.6. The van der Waals surface area contributed by atoms with Gasteiger partial charge in [0.1, 0.15) is 5.60 Å². The lowest BCUT2D eigenvalue weighted by molar-refractivity contribution is 0.0202. The van der Waals surface area contributed by atoms with E-state index in [0.717, 1.165) is 120 Å². The normalized spacial score (nSPS) is 17.2. The molecule has 3 amide bonds. The third-order valence-corrected chi connectivity index (χ3v) is 19.5. The zero-order chi connectivity index (χ0) is 71.3. The number of amides is 3. The summed E-state index contributed by atoms with van der Waals surface area (Å²) in [5.74, 6) is 0.369. The van der Waals surface area contributed by atoms with Crippen molar-refractivity contribution in [3.8, 4) is 11.5 Å². The summed E-state index contributed by atoms with van der Waals surface area (Å²) in [5, 5.41) is 22.8. The summed E-state index contributed by atoms with van der Waals surface area (Å²) < 4.78 is 75.0. The number of sulfonamides is 2. The van der Waals surface area contributed by atoms with E-state index in [1.54, 1.807) is 41.3 Å². The van der Waals surface area contributed by atoms with E-state index in [9.17, 15) is 31.2 Å². The number of methoxy groups -OCH3 is 2. The van der Waals surface area contributed by atoms with Gasteiger partial charge in [-0.05, 0) is 181 Å². The van der Waals surface area contributed by atoms with E-state index in [1.165, 1.54) is 38.4 Å². The Kier molecular flexibility index (Phi) is 20.3. The summed E-state index contributed by atoms with van der Waals surface area (Å²) in [6.07, 6.45) is 18.1. The predicted octanol–water partition coefficient (Wildman–Crippen LogP) is 11.1. The van der Waals surface area contributed by atoms with Gasteiger partial charge in [-0.2, -0.15) is 10.2 Å². The third-order valence-electron chi connectivity index (χ3n) is 18.3. The van der Waals surface area contributed by atoms with Gasteiger partial charge < -0.3 is 45.9 Å². The Balaban J connectivity index is 0.000000202. The van der Waals surface area contributed by atoms with Crippen LogP contribution >= 0.6 is 0 Å². The molecule has 0 atom stereocenters. The molecule has 6 heterocycles. The minimum Gasteiger partial charge on any atom is -0.492 e. The lowest BCUT2D eigenvalue weighted by atomic mass is 9.86. The Labute approximate surface area is 581 Å². The van der Waals surface area contributed by atoms with Gasteiger partial charge in [0.15, 0.2) is 11.5 Å². The molecule has 4 aromatic carbocycles. The molecule has 12 rings (SSSR count). The van der Waals surface area contributed by atoms with Crippen molar-refractivity contribution in [3.05, 3.63) is 141 Å². The fourth-order valence-electron chi connectivity index (χ4n) is 12.8. The van der Waals surface area contributed by atoms with E-state index in [0.29, 0.717) is 53.6 Å². The van der Waals surface area contributed by atoms with Crippen LogP contribution in [0.25, 0.3) is 11.4 Å². The number of hydrogen-bond donors (Lipinski definition) is 9. The van der Waals surface area contributed by atoms with Gasteiger partial charge in [-0.3, -0.25) is 38.4 Å². The van der Waals surface area contributed by atoms with E-state index in [2.05, 4.69) is 56.7 Å². The number of nitrogens with one attached hydrogen (secondary N) is 9. The Bertz CT molecular complexity index is 4370. The number of likely N-dealkylation sites (tertiary alicyclic amines) is 1. The van der Waals surface area contributed by atoms with Crippen LogP contribution in [0.3, 0.4) is 0 Å². The summed E-state index contributed by atoms with van der Waals surface area (Å²) in [4.78, 5) is 42.1. The highest BCUT2D eigenvalue weighted by molar-refractivity contribution is 7.92. The number of carbonyl (C=O) groups is 3. The van der Waals surface area contributed by atoms with Crippen molar-refractivity contribution in [2.75, 3.05) is 83.0 Å². The van der Waals surface area contributed by atoms with Crippen molar-refractivity contribution in [1.82, 2.24) is 51.7 Å². The van der Waals surface area contributed by atoms with Crippen LogP contribution in [-0.2, 0) is 35.6 Å².